The summed E-state index contributed by atoms with van der Waals surface area (Å²) in [6.07, 6.45) is 1.75. The molecule has 0 atom stereocenters. The Balaban J connectivity index is 1.95. The van der Waals surface area contributed by atoms with Crippen LogP contribution in [-0.2, 0) is 21.2 Å². The van der Waals surface area contributed by atoms with Crippen LogP contribution in [0.4, 0.5) is 5.69 Å². The monoisotopic (exact) mass is 358 g/mol. The predicted molar refractivity (Wildman–Crippen MR) is 89.6 cm³/mol. The van der Waals surface area contributed by atoms with Gasteiger partial charge in [0.15, 0.2) is 0 Å². The highest BCUT2D eigenvalue weighted by Gasteiger charge is 2.26. The number of rotatable bonds is 7. The van der Waals surface area contributed by atoms with Gasteiger partial charge in [-0.15, -0.1) is 11.8 Å². The molecule has 7 nitrogen and oxygen atoms in total. The van der Waals surface area contributed by atoms with Gasteiger partial charge in [0.2, 0.25) is 10.0 Å². The Labute approximate surface area is 139 Å². The maximum Gasteiger partial charge on any atom is 0.313 e. The van der Waals surface area contributed by atoms with Gasteiger partial charge >= 0.3 is 5.97 Å². The van der Waals surface area contributed by atoms with Crippen molar-refractivity contribution in [2.75, 3.05) is 35.2 Å². The van der Waals surface area contributed by atoms with E-state index < -0.39 is 16.0 Å². The molecule has 1 aliphatic heterocycles. The number of benzene rings is 1. The second kappa shape index (κ2) is 7.22. The van der Waals surface area contributed by atoms with Crippen LogP contribution >= 0.6 is 11.8 Å². The quantitative estimate of drug-likeness (QED) is 0.690. The second-order valence-electron chi connectivity index (χ2n) is 5.13. The molecule has 1 aliphatic rings. The van der Waals surface area contributed by atoms with Crippen LogP contribution in [0.15, 0.2) is 18.2 Å². The standard InChI is InChI=1S/C14H18N2O5S2/c1-23(20,21)16-6-4-10-8-11(2-3-12(10)16)14(19)15-5-7-22-9-13(17)18/h2-3,8H,4-7,9H2,1H3,(H,15,19)(H,17,18). The Hall–Kier alpha value is -1.74. The molecule has 1 aromatic carbocycles. The van der Waals surface area contributed by atoms with Crippen LogP contribution in [0.3, 0.4) is 0 Å². The van der Waals surface area contributed by atoms with E-state index in [1.165, 1.54) is 16.1 Å². The Morgan fingerprint density at radius 1 is 1.39 bits per heavy atom. The molecule has 1 aromatic rings. The fourth-order valence-corrected chi connectivity index (χ4v) is 3.88. The van der Waals surface area contributed by atoms with Crippen LogP contribution in [-0.4, -0.2) is 56.3 Å². The average Bonchev–Trinajstić information content (AvgIpc) is 2.89. The van der Waals surface area contributed by atoms with Crippen molar-refractivity contribution in [1.82, 2.24) is 5.32 Å². The molecular weight excluding hydrogens is 340 g/mol. The second-order valence-corrected chi connectivity index (χ2v) is 8.14. The summed E-state index contributed by atoms with van der Waals surface area (Å²) in [5.74, 6) is -0.599. The van der Waals surface area contributed by atoms with Crippen LogP contribution in [0.2, 0.25) is 0 Å². The van der Waals surface area contributed by atoms with E-state index in [-0.39, 0.29) is 11.7 Å². The topological polar surface area (TPSA) is 104 Å². The lowest BCUT2D eigenvalue weighted by Gasteiger charge is -2.16. The number of hydrogen-bond donors (Lipinski definition) is 2. The van der Waals surface area contributed by atoms with Crippen molar-refractivity contribution in [3.8, 4) is 0 Å². The average molecular weight is 358 g/mol. The minimum atomic E-state index is -3.29. The molecule has 0 aliphatic carbocycles. The molecule has 0 bridgehead atoms. The summed E-state index contributed by atoms with van der Waals surface area (Å²) >= 11 is 1.23. The normalized spacial score (nSPS) is 13.7. The molecule has 2 N–H and O–H groups in total. The molecular formula is C14H18N2O5S2. The van der Waals surface area contributed by atoms with Crippen molar-refractivity contribution in [2.45, 2.75) is 6.42 Å². The van der Waals surface area contributed by atoms with E-state index >= 15 is 0 Å². The molecule has 0 fully saturated rings. The van der Waals surface area contributed by atoms with Crippen LogP contribution in [0, 0.1) is 0 Å². The number of anilines is 1. The van der Waals surface area contributed by atoms with Gasteiger partial charge in [-0.05, 0) is 30.2 Å². The maximum atomic E-state index is 12.1. The van der Waals surface area contributed by atoms with E-state index in [1.807, 2.05) is 0 Å². The lowest BCUT2D eigenvalue weighted by Crippen LogP contribution is -2.27. The summed E-state index contributed by atoms with van der Waals surface area (Å²) in [7, 11) is -3.29. The van der Waals surface area contributed by atoms with Gasteiger partial charge < -0.3 is 10.4 Å². The summed E-state index contributed by atoms with van der Waals surface area (Å²) in [6, 6.07) is 4.96. The van der Waals surface area contributed by atoms with E-state index in [0.717, 1.165) is 11.8 Å². The van der Waals surface area contributed by atoms with E-state index in [0.29, 0.717) is 36.5 Å². The highest BCUT2D eigenvalue weighted by Crippen LogP contribution is 2.30. The number of carboxylic acid groups (broad SMARTS) is 1. The number of thioether (sulfide) groups is 1. The maximum absolute atomic E-state index is 12.1. The number of fused-ring (bicyclic) bond motifs is 1. The van der Waals surface area contributed by atoms with E-state index in [2.05, 4.69) is 5.32 Å². The van der Waals surface area contributed by atoms with Gasteiger partial charge in [0.25, 0.3) is 5.91 Å². The lowest BCUT2D eigenvalue weighted by molar-refractivity contribution is -0.133. The third-order valence-electron chi connectivity index (χ3n) is 3.35. The summed E-state index contributed by atoms with van der Waals surface area (Å²) in [5.41, 5.74) is 1.94. The first-order chi connectivity index (χ1) is 10.8. The number of carbonyl (C=O) groups is 2. The first kappa shape index (κ1) is 17.6. The third kappa shape index (κ3) is 4.61. The van der Waals surface area contributed by atoms with Crippen LogP contribution in [0.1, 0.15) is 15.9 Å². The zero-order valence-corrected chi connectivity index (χ0v) is 14.2. The molecule has 0 unspecified atom stereocenters. The number of nitrogens with one attached hydrogen (secondary N) is 1. The SMILES string of the molecule is CS(=O)(=O)N1CCc2cc(C(=O)NCCSCC(=O)O)ccc21. The number of nitrogens with zero attached hydrogens (tertiary/aromatic N) is 1. The highest BCUT2D eigenvalue weighted by molar-refractivity contribution is 7.99. The van der Waals surface area contributed by atoms with Crippen molar-refractivity contribution in [3.05, 3.63) is 29.3 Å². The van der Waals surface area contributed by atoms with E-state index in [1.54, 1.807) is 18.2 Å². The smallest absolute Gasteiger partial charge is 0.313 e. The number of amides is 1. The first-order valence-corrected chi connectivity index (χ1v) is 9.97. The van der Waals surface area contributed by atoms with Crippen molar-refractivity contribution in [1.29, 1.82) is 0 Å². The van der Waals surface area contributed by atoms with Crippen molar-refractivity contribution < 1.29 is 23.1 Å². The van der Waals surface area contributed by atoms with Crippen LogP contribution in [0.25, 0.3) is 0 Å². The predicted octanol–water partition coefficient (Wildman–Crippen LogP) is 0.556. The van der Waals surface area contributed by atoms with Crippen LogP contribution in [0.5, 0.6) is 0 Å². The number of carboxylic acids is 1. The summed E-state index contributed by atoms with van der Waals surface area (Å²) in [6.45, 7) is 0.772. The molecule has 1 heterocycles. The minimum absolute atomic E-state index is 0.00996. The molecule has 0 radical (unpaired) electrons. The molecule has 0 saturated carbocycles. The largest absolute Gasteiger partial charge is 0.481 e. The van der Waals surface area contributed by atoms with E-state index in [9.17, 15) is 18.0 Å². The van der Waals surface area contributed by atoms with Gasteiger partial charge in [0.05, 0.1) is 17.7 Å². The fraction of sp³-hybridized carbons (Fsp3) is 0.429. The van der Waals surface area contributed by atoms with Crippen molar-refractivity contribution in [2.24, 2.45) is 0 Å². The third-order valence-corrected chi connectivity index (χ3v) is 5.48. The highest BCUT2D eigenvalue weighted by atomic mass is 32.2. The molecule has 23 heavy (non-hydrogen) atoms. The molecule has 126 valence electrons. The summed E-state index contributed by atoms with van der Waals surface area (Å²) < 4.78 is 24.7. The van der Waals surface area contributed by atoms with Gasteiger partial charge in [-0.3, -0.25) is 13.9 Å². The van der Waals surface area contributed by atoms with Crippen molar-refractivity contribution >= 4 is 39.3 Å². The minimum Gasteiger partial charge on any atom is -0.481 e. The molecule has 0 saturated heterocycles. The molecule has 1 amide bonds. The van der Waals surface area contributed by atoms with Gasteiger partial charge in [-0.1, -0.05) is 0 Å². The van der Waals surface area contributed by atoms with Gasteiger partial charge in [-0.25, -0.2) is 8.42 Å². The summed E-state index contributed by atoms with van der Waals surface area (Å²) in [4.78, 5) is 22.4. The fourth-order valence-electron chi connectivity index (χ4n) is 2.36. The zero-order chi connectivity index (χ0) is 17.0. The Kier molecular flexibility index (Phi) is 5.53. The number of sulfonamides is 1. The number of carbonyl (C=O) groups excluding carboxylic acids is 1. The first-order valence-electron chi connectivity index (χ1n) is 6.97. The van der Waals surface area contributed by atoms with E-state index in [4.69, 9.17) is 5.11 Å². The molecule has 9 heteroatoms. The van der Waals surface area contributed by atoms with Gasteiger partial charge in [-0.2, -0.15) is 0 Å². The molecule has 0 spiro atoms. The van der Waals surface area contributed by atoms with Gasteiger partial charge in [0, 0.05) is 24.4 Å². The lowest BCUT2D eigenvalue weighted by atomic mass is 10.1. The Morgan fingerprint density at radius 2 is 2.13 bits per heavy atom. The van der Waals surface area contributed by atoms with Crippen LogP contribution < -0.4 is 9.62 Å². The Bertz CT molecular complexity index is 718. The number of aliphatic carboxylic acids is 1. The Morgan fingerprint density at radius 3 is 2.78 bits per heavy atom. The van der Waals surface area contributed by atoms with Crippen molar-refractivity contribution in [3.63, 3.8) is 0 Å². The number of hydrogen-bond acceptors (Lipinski definition) is 5. The zero-order valence-electron chi connectivity index (χ0n) is 12.6. The molecule has 0 aromatic heterocycles. The van der Waals surface area contributed by atoms with Gasteiger partial charge in [0.1, 0.15) is 0 Å². The summed E-state index contributed by atoms with van der Waals surface area (Å²) in [5, 5.41) is 11.2. The molecule has 2 rings (SSSR count).